The van der Waals surface area contributed by atoms with Gasteiger partial charge in [-0.2, -0.15) is 0 Å². The lowest BCUT2D eigenvalue weighted by Crippen LogP contribution is -2.32. The average molecular weight is 300 g/mol. The van der Waals surface area contributed by atoms with Gasteiger partial charge in [0.25, 0.3) is 0 Å². The highest BCUT2D eigenvalue weighted by Crippen LogP contribution is 2.30. The maximum atomic E-state index is 5.84. The molecule has 1 atom stereocenters. The van der Waals surface area contributed by atoms with Gasteiger partial charge in [0.2, 0.25) is 0 Å². The van der Waals surface area contributed by atoms with Crippen molar-refractivity contribution >= 4 is 15.9 Å². The molecular formula is C13H18BrNO2. The van der Waals surface area contributed by atoms with Crippen molar-refractivity contribution < 1.29 is 9.47 Å². The Balaban J connectivity index is 1.73. The van der Waals surface area contributed by atoms with Gasteiger partial charge >= 0.3 is 0 Å². The van der Waals surface area contributed by atoms with Crippen LogP contribution in [-0.4, -0.2) is 32.4 Å². The number of benzene rings is 1. The Kier molecular flexibility index (Phi) is 4.83. The van der Waals surface area contributed by atoms with E-state index in [1.54, 1.807) is 0 Å². The number of halogens is 1. The standard InChI is InChI=1S/C13H18BrNO2/c1-2-16-6-5-15-9-12-8-10-7-11(14)3-4-13(10)17-12/h3-4,7,12,15H,2,5-6,8-9H2,1H3. The molecule has 1 aromatic carbocycles. The predicted molar refractivity (Wildman–Crippen MR) is 71.6 cm³/mol. The van der Waals surface area contributed by atoms with E-state index < -0.39 is 0 Å². The summed E-state index contributed by atoms with van der Waals surface area (Å²) in [6.45, 7) is 5.31. The molecule has 1 aliphatic heterocycles. The van der Waals surface area contributed by atoms with Gasteiger partial charge in [-0.15, -0.1) is 0 Å². The molecule has 0 amide bonds. The summed E-state index contributed by atoms with van der Waals surface area (Å²) in [7, 11) is 0. The van der Waals surface area contributed by atoms with Gasteiger partial charge < -0.3 is 14.8 Å². The minimum atomic E-state index is 0.251. The van der Waals surface area contributed by atoms with Crippen molar-refractivity contribution in [3.8, 4) is 5.75 Å². The van der Waals surface area contributed by atoms with Crippen LogP contribution in [0.15, 0.2) is 22.7 Å². The summed E-state index contributed by atoms with van der Waals surface area (Å²) in [5.41, 5.74) is 1.29. The first-order valence-electron chi connectivity index (χ1n) is 6.03. The molecule has 0 aromatic heterocycles. The maximum Gasteiger partial charge on any atom is 0.123 e. The first-order valence-corrected chi connectivity index (χ1v) is 6.82. The zero-order chi connectivity index (χ0) is 12.1. The van der Waals surface area contributed by atoms with Crippen LogP contribution < -0.4 is 10.1 Å². The fourth-order valence-electron chi connectivity index (χ4n) is 1.95. The molecule has 17 heavy (non-hydrogen) atoms. The molecule has 0 saturated carbocycles. The largest absolute Gasteiger partial charge is 0.488 e. The molecule has 2 rings (SSSR count). The van der Waals surface area contributed by atoms with Crippen LogP contribution in [0.25, 0.3) is 0 Å². The monoisotopic (exact) mass is 299 g/mol. The molecule has 0 spiro atoms. The fraction of sp³-hybridized carbons (Fsp3) is 0.538. The minimum absolute atomic E-state index is 0.251. The van der Waals surface area contributed by atoms with Crippen LogP contribution in [-0.2, 0) is 11.2 Å². The fourth-order valence-corrected chi connectivity index (χ4v) is 2.36. The molecule has 0 fully saturated rings. The lowest BCUT2D eigenvalue weighted by molar-refractivity contribution is 0.145. The Morgan fingerprint density at radius 2 is 2.41 bits per heavy atom. The third-order valence-electron chi connectivity index (χ3n) is 2.76. The lowest BCUT2D eigenvalue weighted by Gasteiger charge is -2.11. The topological polar surface area (TPSA) is 30.5 Å². The summed E-state index contributed by atoms with van der Waals surface area (Å²) >= 11 is 3.48. The predicted octanol–water partition coefficient (Wildman–Crippen LogP) is 2.38. The Morgan fingerprint density at radius 1 is 1.53 bits per heavy atom. The molecule has 1 unspecified atom stereocenters. The minimum Gasteiger partial charge on any atom is -0.488 e. The molecule has 4 heteroatoms. The highest BCUT2D eigenvalue weighted by Gasteiger charge is 2.22. The van der Waals surface area contributed by atoms with Crippen molar-refractivity contribution in [1.82, 2.24) is 5.32 Å². The first kappa shape index (κ1) is 12.9. The van der Waals surface area contributed by atoms with Crippen LogP contribution in [0.4, 0.5) is 0 Å². The summed E-state index contributed by atoms with van der Waals surface area (Å²) in [5, 5.41) is 3.35. The van der Waals surface area contributed by atoms with Gasteiger partial charge in [-0.3, -0.25) is 0 Å². The van der Waals surface area contributed by atoms with Crippen LogP contribution in [0.1, 0.15) is 12.5 Å². The van der Waals surface area contributed by atoms with Crippen molar-refractivity contribution in [2.75, 3.05) is 26.3 Å². The number of rotatable bonds is 6. The normalized spacial score (nSPS) is 17.9. The number of fused-ring (bicyclic) bond motifs is 1. The van der Waals surface area contributed by atoms with Crippen molar-refractivity contribution in [1.29, 1.82) is 0 Å². The first-order chi connectivity index (χ1) is 8.29. The van der Waals surface area contributed by atoms with Crippen molar-refractivity contribution in [2.24, 2.45) is 0 Å². The zero-order valence-electron chi connectivity index (χ0n) is 10.0. The highest BCUT2D eigenvalue weighted by atomic mass is 79.9. The number of hydrogen-bond acceptors (Lipinski definition) is 3. The molecule has 1 heterocycles. The second kappa shape index (κ2) is 6.38. The quantitative estimate of drug-likeness (QED) is 0.818. The van der Waals surface area contributed by atoms with E-state index >= 15 is 0 Å². The van der Waals surface area contributed by atoms with Gasteiger partial charge in [-0.05, 0) is 30.7 Å². The molecule has 1 aromatic rings. The van der Waals surface area contributed by atoms with E-state index in [0.29, 0.717) is 0 Å². The van der Waals surface area contributed by atoms with Crippen molar-refractivity contribution in [3.05, 3.63) is 28.2 Å². The molecule has 0 aliphatic carbocycles. The van der Waals surface area contributed by atoms with Crippen molar-refractivity contribution in [3.63, 3.8) is 0 Å². The Morgan fingerprint density at radius 3 is 3.24 bits per heavy atom. The molecule has 3 nitrogen and oxygen atoms in total. The third-order valence-corrected chi connectivity index (χ3v) is 3.26. The van der Waals surface area contributed by atoms with Crippen LogP contribution in [0.3, 0.4) is 0 Å². The second-order valence-corrected chi connectivity index (χ2v) is 5.01. The lowest BCUT2D eigenvalue weighted by atomic mass is 10.1. The van der Waals surface area contributed by atoms with Gasteiger partial charge in [-0.25, -0.2) is 0 Å². The SMILES string of the molecule is CCOCCNCC1Cc2cc(Br)ccc2O1. The maximum absolute atomic E-state index is 5.84. The van der Waals surface area contributed by atoms with E-state index in [0.717, 1.165) is 42.9 Å². The smallest absolute Gasteiger partial charge is 0.123 e. The van der Waals surface area contributed by atoms with Gasteiger partial charge in [0.1, 0.15) is 11.9 Å². The molecule has 0 radical (unpaired) electrons. The van der Waals surface area contributed by atoms with Crippen LogP contribution in [0.5, 0.6) is 5.75 Å². The second-order valence-electron chi connectivity index (χ2n) is 4.10. The molecule has 94 valence electrons. The molecular weight excluding hydrogens is 282 g/mol. The summed E-state index contributed by atoms with van der Waals surface area (Å²) in [5.74, 6) is 1.02. The van der Waals surface area contributed by atoms with Crippen LogP contribution in [0, 0.1) is 0 Å². The van der Waals surface area contributed by atoms with E-state index in [2.05, 4.69) is 27.3 Å². The zero-order valence-corrected chi connectivity index (χ0v) is 11.6. The Labute approximate surface area is 111 Å². The summed E-state index contributed by atoms with van der Waals surface area (Å²) in [6, 6.07) is 6.18. The van der Waals surface area contributed by atoms with Gasteiger partial charge in [0.05, 0.1) is 6.61 Å². The van der Waals surface area contributed by atoms with E-state index in [1.165, 1.54) is 5.56 Å². The van der Waals surface area contributed by atoms with E-state index in [4.69, 9.17) is 9.47 Å². The summed E-state index contributed by atoms with van der Waals surface area (Å²) < 4.78 is 12.2. The summed E-state index contributed by atoms with van der Waals surface area (Å²) in [6.07, 6.45) is 1.23. The average Bonchev–Trinajstić information content (AvgIpc) is 2.70. The van der Waals surface area contributed by atoms with E-state index in [-0.39, 0.29) is 6.10 Å². The molecule has 0 bridgehead atoms. The van der Waals surface area contributed by atoms with Gasteiger partial charge in [0.15, 0.2) is 0 Å². The van der Waals surface area contributed by atoms with E-state index in [1.807, 2.05) is 19.1 Å². The van der Waals surface area contributed by atoms with Crippen LogP contribution in [0.2, 0.25) is 0 Å². The van der Waals surface area contributed by atoms with E-state index in [9.17, 15) is 0 Å². The van der Waals surface area contributed by atoms with Gasteiger partial charge in [-0.1, -0.05) is 15.9 Å². The molecule has 0 saturated heterocycles. The Bertz CT molecular complexity index is 370. The van der Waals surface area contributed by atoms with Gasteiger partial charge in [0, 0.05) is 30.6 Å². The van der Waals surface area contributed by atoms with Crippen molar-refractivity contribution in [2.45, 2.75) is 19.4 Å². The highest BCUT2D eigenvalue weighted by molar-refractivity contribution is 9.10. The molecule has 1 N–H and O–H groups in total. The number of nitrogens with one attached hydrogen (secondary N) is 1. The third kappa shape index (κ3) is 3.69. The Hall–Kier alpha value is -0.580. The molecule has 1 aliphatic rings. The number of hydrogen-bond donors (Lipinski definition) is 1. The number of ether oxygens (including phenoxy) is 2. The summed E-state index contributed by atoms with van der Waals surface area (Å²) in [4.78, 5) is 0. The van der Waals surface area contributed by atoms with Crippen LogP contribution >= 0.6 is 15.9 Å².